The molecule has 0 aliphatic heterocycles. The molecule has 1 heterocycles. The van der Waals surface area contributed by atoms with Crippen LogP contribution in [0.2, 0.25) is 0 Å². The lowest BCUT2D eigenvalue weighted by atomic mass is 10.3. The van der Waals surface area contributed by atoms with Gasteiger partial charge in [0.25, 0.3) is 5.91 Å². The molecule has 2 rings (SSSR count). The van der Waals surface area contributed by atoms with Gasteiger partial charge >= 0.3 is 6.09 Å². The highest BCUT2D eigenvalue weighted by Gasteiger charge is 2.21. The lowest BCUT2D eigenvalue weighted by Crippen LogP contribution is -2.19. The van der Waals surface area contributed by atoms with Gasteiger partial charge in [-0.15, -0.1) is 11.8 Å². The number of amides is 2. The van der Waals surface area contributed by atoms with Gasteiger partial charge < -0.3 is 10.5 Å². The molecule has 0 atom stereocenters. The summed E-state index contributed by atoms with van der Waals surface area (Å²) < 4.78 is 9.37. The zero-order valence-corrected chi connectivity index (χ0v) is 14.9. The third-order valence-electron chi connectivity index (χ3n) is 3.06. The van der Waals surface area contributed by atoms with Crippen LogP contribution in [0.15, 0.2) is 35.4 Å². The van der Waals surface area contributed by atoms with E-state index in [4.69, 9.17) is 10.5 Å². The second-order valence-corrected chi connectivity index (χ2v) is 6.80. The van der Waals surface area contributed by atoms with Crippen molar-refractivity contribution in [3.63, 3.8) is 0 Å². The fourth-order valence-corrected chi connectivity index (χ4v) is 3.87. The van der Waals surface area contributed by atoms with Crippen LogP contribution in [0.3, 0.4) is 0 Å². The highest BCUT2D eigenvalue weighted by molar-refractivity contribution is 7.99. The van der Waals surface area contributed by atoms with E-state index < -0.39 is 12.0 Å². The minimum atomic E-state index is -0.685. The van der Waals surface area contributed by atoms with Gasteiger partial charge in [-0.1, -0.05) is 38.0 Å². The number of hydrogen-bond acceptors (Lipinski definition) is 6. The van der Waals surface area contributed by atoms with Gasteiger partial charge in [-0.25, -0.2) is 4.79 Å². The molecule has 2 aromatic rings. The van der Waals surface area contributed by atoms with Gasteiger partial charge in [0.05, 0.1) is 0 Å². The first-order valence-corrected chi connectivity index (χ1v) is 9.34. The van der Waals surface area contributed by atoms with Gasteiger partial charge in [0, 0.05) is 0 Å². The number of ether oxygens (including phenoxy) is 1. The number of rotatable bonds is 8. The predicted molar refractivity (Wildman–Crippen MR) is 97.0 cm³/mol. The third kappa shape index (κ3) is 5.24. The van der Waals surface area contributed by atoms with E-state index in [-0.39, 0.29) is 5.56 Å². The third-order valence-corrected chi connectivity index (χ3v) is 5.00. The Morgan fingerprint density at radius 2 is 2.04 bits per heavy atom. The number of primary amides is 1. The van der Waals surface area contributed by atoms with E-state index in [1.54, 1.807) is 24.3 Å². The molecule has 8 heteroatoms. The Bertz CT molecular complexity index is 689. The number of anilines is 1. The topological polar surface area (TPSA) is 94.3 Å². The quantitative estimate of drug-likeness (QED) is 0.542. The monoisotopic (exact) mass is 365 g/mol. The molecule has 6 nitrogen and oxygen atoms in total. The standard InChI is InChI=1S/C16H19N3O3S2/c1-2-3-7-10-23-15-12(13(17)20)14(24-19-15)18-16(21)22-11-8-5-4-6-9-11/h4-6,8-9H,2-3,7,10H2,1H3,(H2,17,20)(H,18,21). The summed E-state index contributed by atoms with van der Waals surface area (Å²) in [7, 11) is 0. The molecule has 0 aliphatic carbocycles. The molecule has 0 bridgehead atoms. The van der Waals surface area contributed by atoms with Crippen LogP contribution < -0.4 is 15.8 Å². The maximum Gasteiger partial charge on any atom is 0.417 e. The van der Waals surface area contributed by atoms with E-state index in [9.17, 15) is 9.59 Å². The molecule has 128 valence electrons. The first kappa shape index (κ1) is 18.3. The normalized spacial score (nSPS) is 10.4. The highest BCUT2D eigenvalue weighted by Crippen LogP contribution is 2.32. The minimum absolute atomic E-state index is 0.242. The Morgan fingerprint density at radius 3 is 2.71 bits per heavy atom. The fourth-order valence-electron chi connectivity index (χ4n) is 1.91. The molecule has 1 aromatic carbocycles. The molecule has 0 saturated heterocycles. The number of carbonyl (C=O) groups is 2. The smallest absolute Gasteiger partial charge is 0.410 e. The second-order valence-electron chi connectivity index (χ2n) is 4.94. The summed E-state index contributed by atoms with van der Waals surface area (Å²) in [5.74, 6) is 0.650. The van der Waals surface area contributed by atoms with Crippen LogP contribution in [-0.4, -0.2) is 22.1 Å². The molecular formula is C16H19N3O3S2. The Labute approximate surface area is 148 Å². The molecule has 3 N–H and O–H groups in total. The summed E-state index contributed by atoms with van der Waals surface area (Å²) in [5, 5.41) is 3.40. The van der Waals surface area contributed by atoms with E-state index >= 15 is 0 Å². The lowest BCUT2D eigenvalue weighted by Gasteiger charge is -2.06. The molecular weight excluding hydrogens is 346 g/mol. The van der Waals surface area contributed by atoms with Gasteiger partial charge in [-0.2, -0.15) is 4.37 Å². The number of unbranched alkanes of at least 4 members (excludes halogenated alkanes) is 2. The number of carbonyl (C=O) groups excluding carboxylic acids is 2. The average Bonchev–Trinajstić information content (AvgIpc) is 2.95. The molecule has 0 spiro atoms. The van der Waals surface area contributed by atoms with Crippen molar-refractivity contribution in [2.45, 2.75) is 31.2 Å². The molecule has 0 unspecified atom stereocenters. The number of nitrogens with two attached hydrogens (primary N) is 1. The Kier molecular flexibility index (Phi) is 7.07. The minimum Gasteiger partial charge on any atom is -0.410 e. The number of benzene rings is 1. The zero-order valence-electron chi connectivity index (χ0n) is 13.3. The van der Waals surface area contributed by atoms with Crippen molar-refractivity contribution in [3.05, 3.63) is 35.9 Å². The number of para-hydroxylation sites is 1. The van der Waals surface area contributed by atoms with Crippen molar-refractivity contribution in [1.82, 2.24) is 4.37 Å². The molecule has 2 amide bonds. The van der Waals surface area contributed by atoms with Crippen LogP contribution in [0.4, 0.5) is 9.80 Å². The molecule has 0 aliphatic rings. The fraction of sp³-hybridized carbons (Fsp3) is 0.312. The van der Waals surface area contributed by atoms with Crippen molar-refractivity contribution < 1.29 is 14.3 Å². The van der Waals surface area contributed by atoms with E-state index in [0.29, 0.717) is 15.8 Å². The SMILES string of the molecule is CCCCCSc1nsc(NC(=O)Oc2ccccc2)c1C(N)=O. The Balaban J connectivity index is 2.02. The summed E-state index contributed by atoms with van der Waals surface area (Å²) in [5.41, 5.74) is 5.68. The average molecular weight is 365 g/mol. The lowest BCUT2D eigenvalue weighted by molar-refractivity contribution is 0.0998. The van der Waals surface area contributed by atoms with Gasteiger partial charge in [-0.3, -0.25) is 10.1 Å². The predicted octanol–water partition coefficient (Wildman–Crippen LogP) is 4.14. The van der Waals surface area contributed by atoms with Crippen LogP contribution in [0.5, 0.6) is 5.75 Å². The van der Waals surface area contributed by atoms with Crippen molar-refractivity contribution >= 4 is 40.3 Å². The summed E-state index contributed by atoms with van der Waals surface area (Å²) in [4.78, 5) is 23.7. The maximum absolute atomic E-state index is 12.0. The molecule has 1 aromatic heterocycles. The molecule has 0 radical (unpaired) electrons. The number of nitrogens with zero attached hydrogens (tertiary/aromatic N) is 1. The summed E-state index contributed by atoms with van der Waals surface area (Å²) in [6.45, 7) is 2.13. The van der Waals surface area contributed by atoms with Crippen molar-refractivity contribution in [2.75, 3.05) is 11.1 Å². The van der Waals surface area contributed by atoms with Crippen LogP contribution in [-0.2, 0) is 0 Å². The van der Waals surface area contributed by atoms with Crippen LogP contribution in [0.1, 0.15) is 36.5 Å². The van der Waals surface area contributed by atoms with E-state index in [1.807, 2.05) is 6.07 Å². The maximum atomic E-state index is 12.0. The van der Waals surface area contributed by atoms with Gasteiger partial charge in [0.15, 0.2) is 0 Å². The highest BCUT2D eigenvalue weighted by atomic mass is 32.2. The van der Waals surface area contributed by atoms with Crippen LogP contribution in [0, 0.1) is 0 Å². The number of thioether (sulfide) groups is 1. The van der Waals surface area contributed by atoms with Crippen molar-refractivity contribution in [3.8, 4) is 5.75 Å². The Morgan fingerprint density at radius 1 is 1.29 bits per heavy atom. The first-order chi connectivity index (χ1) is 11.6. The Hall–Kier alpha value is -2.06. The number of hydrogen-bond donors (Lipinski definition) is 2. The van der Waals surface area contributed by atoms with E-state index in [0.717, 1.165) is 36.5 Å². The van der Waals surface area contributed by atoms with Gasteiger partial charge in [0.2, 0.25) is 0 Å². The van der Waals surface area contributed by atoms with E-state index in [2.05, 4.69) is 16.6 Å². The van der Waals surface area contributed by atoms with Crippen molar-refractivity contribution in [2.24, 2.45) is 5.73 Å². The van der Waals surface area contributed by atoms with Gasteiger partial charge in [-0.05, 0) is 35.8 Å². The number of nitrogens with one attached hydrogen (secondary N) is 1. The largest absolute Gasteiger partial charge is 0.417 e. The molecule has 24 heavy (non-hydrogen) atoms. The summed E-state index contributed by atoms with van der Waals surface area (Å²) in [6.07, 6.45) is 2.60. The van der Waals surface area contributed by atoms with Crippen LogP contribution in [0.25, 0.3) is 0 Å². The van der Waals surface area contributed by atoms with Crippen LogP contribution >= 0.6 is 23.3 Å². The molecule has 0 saturated carbocycles. The number of aromatic nitrogens is 1. The van der Waals surface area contributed by atoms with Crippen molar-refractivity contribution in [1.29, 1.82) is 0 Å². The van der Waals surface area contributed by atoms with E-state index in [1.165, 1.54) is 11.8 Å². The van der Waals surface area contributed by atoms with Gasteiger partial charge in [0.1, 0.15) is 21.3 Å². The summed E-state index contributed by atoms with van der Waals surface area (Å²) in [6, 6.07) is 8.66. The molecule has 0 fully saturated rings. The zero-order chi connectivity index (χ0) is 17.4. The summed E-state index contributed by atoms with van der Waals surface area (Å²) >= 11 is 2.50. The second kappa shape index (κ2) is 9.29. The first-order valence-electron chi connectivity index (χ1n) is 7.58.